The van der Waals surface area contributed by atoms with Crippen molar-refractivity contribution in [3.05, 3.63) is 106 Å². The second kappa shape index (κ2) is 10.9. The van der Waals surface area contributed by atoms with E-state index in [-0.39, 0.29) is 17.5 Å². The van der Waals surface area contributed by atoms with Gasteiger partial charge in [-0.15, -0.1) is 0 Å². The number of nitrogens with one attached hydrogen (secondary N) is 3. The van der Waals surface area contributed by atoms with E-state index >= 15 is 0 Å². The van der Waals surface area contributed by atoms with Crippen molar-refractivity contribution in [2.75, 3.05) is 13.7 Å². The molecule has 34 heavy (non-hydrogen) atoms. The van der Waals surface area contributed by atoms with E-state index in [1.165, 1.54) is 0 Å². The first-order chi connectivity index (χ1) is 16.5. The van der Waals surface area contributed by atoms with Gasteiger partial charge >= 0.3 is 0 Å². The molecule has 7 heteroatoms. The van der Waals surface area contributed by atoms with Gasteiger partial charge in [0.1, 0.15) is 11.4 Å². The standard InChI is InChI=1S/C27H24BrN3O3/c1-34-22-12-8-19(9-13-22)26(32)31-25(16-18-6-10-21(28)11-7-18)27(33)29-15-14-20-17-30-24-5-3-2-4-23(20)24/h2-13,16-17,30H,14-15H2,1H3,(H,29,33)(H,31,32). The molecule has 3 N–H and O–H groups in total. The Hall–Kier alpha value is -3.84. The van der Waals surface area contributed by atoms with Gasteiger partial charge in [0, 0.05) is 33.7 Å². The lowest BCUT2D eigenvalue weighted by Gasteiger charge is -2.12. The summed E-state index contributed by atoms with van der Waals surface area (Å²) < 4.78 is 6.07. The number of amides is 2. The largest absolute Gasteiger partial charge is 0.497 e. The molecule has 0 saturated carbocycles. The molecule has 0 spiro atoms. The number of aromatic amines is 1. The van der Waals surface area contributed by atoms with Crippen LogP contribution in [-0.2, 0) is 11.2 Å². The zero-order chi connectivity index (χ0) is 23.9. The minimum Gasteiger partial charge on any atom is -0.497 e. The summed E-state index contributed by atoms with van der Waals surface area (Å²) >= 11 is 3.41. The van der Waals surface area contributed by atoms with Gasteiger partial charge in [-0.3, -0.25) is 9.59 Å². The molecule has 0 aliphatic rings. The highest BCUT2D eigenvalue weighted by Crippen LogP contribution is 2.18. The van der Waals surface area contributed by atoms with Crippen molar-refractivity contribution in [2.45, 2.75) is 6.42 Å². The van der Waals surface area contributed by atoms with Crippen LogP contribution in [0.15, 0.2) is 89.2 Å². The number of para-hydroxylation sites is 1. The molecule has 0 radical (unpaired) electrons. The van der Waals surface area contributed by atoms with Crippen molar-refractivity contribution in [2.24, 2.45) is 0 Å². The molecule has 0 saturated heterocycles. The molecule has 0 aliphatic heterocycles. The quantitative estimate of drug-likeness (QED) is 0.285. The van der Waals surface area contributed by atoms with E-state index in [2.05, 4.69) is 37.6 Å². The van der Waals surface area contributed by atoms with Crippen molar-refractivity contribution >= 4 is 44.7 Å². The fourth-order valence-electron chi connectivity index (χ4n) is 3.57. The van der Waals surface area contributed by atoms with Crippen LogP contribution in [0.25, 0.3) is 17.0 Å². The Morgan fingerprint density at radius 1 is 1.00 bits per heavy atom. The molecule has 2 amide bonds. The summed E-state index contributed by atoms with van der Waals surface area (Å²) in [5.41, 5.74) is 3.57. The second-order valence-electron chi connectivity index (χ2n) is 7.66. The van der Waals surface area contributed by atoms with Gasteiger partial charge < -0.3 is 20.4 Å². The van der Waals surface area contributed by atoms with Crippen LogP contribution in [0, 0.1) is 0 Å². The molecule has 0 bridgehead atoms. The highest BCUT2D eigenvalue weighted by Gasteiger charge is 2.15. The summed E-state index contributed by atoms with van der Waals surface area (Å²) in [5.74, 6) is -0.0837. The summed E-state index contributed by atoms with van der Waals surface area (Å²) in [6.07, 6.45) is 4.28. The zero-order valence-electron chi connectivity index (χ0n) is 18.6. The average Bonchev–Trinajstić information content (AvgIpc) is 3.28. The Kier molecular flexibility index (Phi) is 7.44. The number of benzene rings is 3. The molecular weight excluding hydrogens is 494 g/mol. The summed E-state index contributed by atoms with van der Waals surface area (Å²) in [7, 11) is 1.56. The number of carbonyl (C=O) groups is 2. The number of hydrogen-bond donors (Lipinski definition) is 3. The van der Waals surface area contributed by atoms with E-state index in [1.54, 1.807) is 37.5 Å². The van der Waals surface area contributed by atoms with Gasteiger partial charge in [-0.05, 0) is 66.1 Å². The summed E-state index contributed by atoms with van der Waals surface area (Å²) in [4.78, 5) is 29.1. The normalized spacial score (nSPS) is 11.3. The van der Waals surface area contributed by atoms with Crippen molar-refractivity contribution in [3.8, 4) is 5.75 Å². The first-order valence-corrected chi connectivity index (χ1v) is 11.6. The van der Waals surface area contributed by atoms with E-state index in [0.29, 0.717) is 24.3 Å². The second-order valence-corrected chi connectivity index (χ2v) is 8.57. The number of methoxy groups -OCH3 is 1. The maximum atomic E-state index is 13.0. The predicted octanol–water partition coefficient (Wildman–Crippen LogP) is 5.07. The summed E-state index contributed by atoms with van der Waals surface area (Å²) in [5, 5.41) is 6.82. The molecule has 6 nitrogen and oxygen atoms in total. The van der Waals surface area contributed by atoms with Crippen LogP contribution in [0.2, 0.25) is 0 Å². The Morgan fingerprint density at radius 3 is 2.47 bits per heavy atom. The van der Waals surface area contributed by atoms with Crippen molar-refractivity contribution < 1.29 is 14.3 Å². The molecule has 4 aromatic rings. The number of fused-ring (bicyclic) bond motifs is 1. The van der Waals surface area contributed by atoms with Gasteiger partial charge in [0.15, 0.2) is 0 Å². The van der Waals surface area contributed by atoms with Gasteiger partial charge in [-0.1, -0.05) is 46.3 Å². The minimum absolute atomic E-state index is 0.169. The van der Waals surface area contributed by atoms with Crippen LogP contribution in [0.3, 0.4) is 0 Å². The molecule has 0 aliphatic carbocycles. The maximum absolute atomic E-state index is 13.0. The highest BCUT2D eigenvalue weighted by molar-refractivity contribution is 9.10. The van der Waals surface area contributed by atoms with Crippen LogP contribution >= 0.6 is 15.9 Å². The number of H-pyrrole nitrogens is 1. The molecular formula is C27H24BrN3O3. The number of hydrogen-bond acceptors (Lipinski definition) is 3. The van der Waals surface area contributed by atoms with Gasteiger partial charge in [0.2, 0.25) is 0 Å². The fourth-order valence-corrected chi connectivity index (χ4v) is 3.83. The molecule has 0 fully saturated rings. The predicted molar refractivity (Wildman–Crippen MR) is 138 cm³/mol. The SMILES string of the molecule is COc1ccc(C(=O)NC(=Cc2ccc(Br)cc2)C(=O)NCCc2c[nH]c3ccccc23)cc1. The molecule has 4 rings (SSSR count). The zero-order valence-corrected chi connectivity index (χ0v) is 20.2. The van der Waals surface area contributed by atoms with Crippen LogP contribution in [-0.4, -0.2) is 30.5 Å². The number of aromatic nitrogens is 1. The van der Waals surface area contributed by atoms with E-state index in [9.17, 15) is 9.59 Å². The molecule has 0 unspecified atom stereocenters. The van der Waals surface area contributed by atoms with Crippen LogP contribution in [0.4, 0.5) is 0 Å². The lowest BCUT2D eigenvalue weighted by atomic mass is 10.1. The van der Waals surface area contributed by atoms with E-state index in [4.69, 9.17) is 4.74 Å². The van der Waals surface area contributed by atoms with Gasteiger partial charge in [-0.25, -0.2) is 0 Å². The smallest absolute Gasteiger partial charge is 0.267 e. The fraction of sp³-hybridized carbons (Fsp3) is 0.111. The van der Waals surface area contributed by atoms with E-state index in [1.807, 2.05) is 48.7 Å². The topological polar surface area (TPSA) is 83.2 Å². The van der Waals surface area contributed by atoms with Crippen molar-refractivity contribution in [3.63, 3.8) is 0 Å². The molecule has 0 atom stereocenters. The lowest BCUT2D eigenvalue weighted by molar-refractivity contribution is -0.117. The Bertz CT molecular complexity index is 1330. The number of carbonyl (C=O) groups excluding carboxylic acids is 2. The first-order valence-electron chi connectivity index (χ1n) is 10.8. The van der Waals surface area contributed by atoms with Crippen molar-refractivity contribution in [1.29, 1.82) is 0 Å². The molecule has 1 heterocycles. The van der Waals surface area contributed by atoms with E-state index < -0.39 is 0 Å². The van der Waals surface area contributed by atoms with E-state index in [0.717, 1.165) is 26.5 Å². The Morgan fingerprint density at radius 2 is 1.74 bits per heavy atom. The minimum atomic E-state index is -0.377. The van der Waals surface area contributed by atoms with Crippen molar-refractivity contribution in [1.82, 2.24) is 15.6 Å². The third kappa shape index (κ3) is 5.74. The van der Waals surface area contributed by atoms with Crippen LogP contribution in [0.5, 0.6) is 5.75 Å². The van der Waals surface area contributed by atoms with Crippen LogP contribution in [0.1, 0.15) is 21.5 Å². The third-order valence-electron chi connectivity index (χ3n) is 5.38. The van der Waals surface area contributed by atoms with Gasteiger partial charge in [0.05, 0.1) is 7.11 Å². The monoisotopic (exact) mass is 517 g/mol. The van der Waals surface area contributed by atoms with Crippen LogP contribution < -0.4 is 15.4 Å². The molecule has 1 aromatic heterocycles. The first kappa shape index (κ1) is 23.3. The maximum Gasteiger partial charge on any atom is 0.267 e. The van der Waals surface area contributed by atoms with Gasteiger partial charge in [-0.2, -0.15) is 0 Å². The number of ether oxygens (including phenoxy) is 1. The Balaban J connectivity index is 1.48. The lowest BCUT2D eigenvalue weighted by Crippen LogP contribution is -2.35. The molecule has 3 aromatic carbocycles. The Labute approximate surface area is 206 Å². The highest BCUT2D eigenvalue weighted by atomic mass is 79.9. The average molecular weight is 518 g/mol. The third-order valence-corrected chi connectivity index (χ3v) is 5.91. The summed E-state index contributed by atoms with van der Waals surface area (Å²) in [6.45, 7) is 0.427. The summed E-state index contributed by atoms with van der Waals surface area (Å²) in [6, 6.07) is 22.2. The number of rotatable bonds is 8. The molecule has 172 valence electrons. The van der Waals surface area contributed by atoms with Gasteiger partial charge in [0.25, 0.3) is 11.8 Å². The number of halogens is 1.